The molecule has 10 heteroatoms. The Kier molecular flexibility index (Phi) is 7.28. The Bertz CT molecular complexity index is 1070. The lowest BCUT2D eigenvalue weighted by Gasteiger charge is -2.32. The third-order valence-corrected chi connectivity index (χ3v) is 5.59. The zero-order valence-electron chi connectivity index (χ0n) is 17.9. The van der Waals surface area contributed by atoms with Gasteiger partial charge in [-0.1, -0.05) is 17.7 Å². The summed E-state index contributed by atoms with van der Waals surface area (Å²) in [6.45, 7) is 4.97. The second-order valence-corrected chi connectivity index (χ2v) is 8.06. The maximum Gasteiger partial charge on any atom is 0.319 e. The number of hydrogen-bond donors (Lipinski definition) is 2. The number of anilines is 3. The van der Waals surface area contributed by atoms with Gasteiger partial charge in [0.25, 0.3) is 0 Å². The second kappa shape index (κ2) is 10.5. The van der Waals surface area contributed by atoms with Gasteiger partial charge in [-0.05, 0) is 50.4 Å². The molecule has 0 spiro atoms. The number of hydrogen-bond acceptors (Lipinski definition) is 9. The predicted molar refractivity (Wildman–Crippen MR) is 124 cm³/mol. The summed E-state index contributed by atoms with van der Waals surface area (Å²) in [5.74, 6) is 1.57. The first kappa shape index (κ1) is 22.2. The van der Waals surface area contributed by atoms with E-state index in [-0.39, 0.29) is 12.5 Å². The number of nitrogens with zero attached hydrogens (tertiary/aromatic N) is 5. The van der Waals surface area contributed by atoms with Crippen molar-refractivity contribution >= 4 is 46.1 Å². The van der Waals surface area contributed by atoms with E-state index in [1.807, 2.05) is 31.2 Å². The number of halogens is 1. The first-order valence-electron chi connectivity index (χ1n) is 10.7. The van der Waals surface area contributed by atoms with Crippen LogP contribution in [0, 0.1) is 5.92 Å². The van der Waals surface area contributed by atoms with E-state index in [1.54, 1.807) is 6.20 Å². The van der Waals surface area contributed by atoms with Gasteiger partial charge in [0.15, 0.2) is 5.82 Å². The van der Waals surface area contributed by atoms with E-state index in [9.17, 15) is 4.79 Å². The van der Waals surface area contributed by atoms with E-state index in [1.165, 1.54) is 6.33 Å². The van der Waals surface area contributed by atoms with E-state index >= 15 is 0 Å². The Morgan fingerprint density at radius 2 is 2.09 bits per heavy atom. The van der Waals surface area contributed by atoms with Crippen LogP contribution in [0.4, 0.5) is 17.5 Å². The zero-order chi connectivity index (χ0) is 22.3. The van der Waals surface area contributed by atoms with Crippen LogP contribution < -0.4 is 15.5 Å². The highest BCUT2D eigenvalue weighted by molar-refractivity contribution is 6.30. The summed E-state index contributed by atoms with van der Waals surface area (Å²) in [6, 6.07) is 7.45. The van der Waals surface area contributed by atoms with E-state index in [2.05, 4.69) is 30.5 Å². The summed E-state index contributed by atoms with van der Waals surface area (Å²) in [7, 11) is 0. The lowest BCUT2D eigenvalue weighted by Crippen LogP contribution is -2.39. The van der Waals surface area contributed by atoms with Gasteiger partial charge in [-0.3, -0.25) is 4.79 Å². The molecule has 9 nitrogen and oxygen atoms in total. The second-order valence-electron chi connectivity index (χ2n) is 7.63. The minimum atomic E-state index is -0.209. The number of rotatable bonds is 8. The van der Waals surface area contributed by atoms with Crippen molar-refractivity contribution in [2.75, 3.05) is 43.0 Å². The third-order valence-electron chi connectivity index (χ3n) is 5.36. The molecule has 1 aromatic carbocycles. The van der Waals surface area contributed by atoms with Crippen molar-refractivity contribution in [2.45, 2.75) is 19.8 Å². The number of carbonyl (C=O) groups is 1. The van der Waals surface area contributed by atoms with Gasteiger partial charge in [-0.25, -0.2) is 19.9 Å². The van der Waals surface area contributed by atoms with Gasteiger partial charge in [0.1, 0.15) is 17.4 Å². The maximum atomic E-state index is 11.5. The number of piperidine rings is 1. The molecule has 1 saturated heterocycles. The number of aromatic nitrogens is 4. The first-order chi connectivity index (χ1) is 15.6. The largest absolute Gasteiger partial charge is 0.465 e. The minimum absolute atomic E-state index is 0.209. The molecule has 3 heterocycles. The first-order valence-corrected chi connectivity index (χ1v) is 11.1. The van der Waals surface area contributed by atoms with Gasteiger partial charge < -0.3 is 20.3 Å². The molecule has 0 unspecified atom stereocenters. The van der Waals surface area contributed by atoms with Crippen molar-refractivity contribution in [3.8, 4) is 0 Å². The van der Waals surface area contributed by atoms with E-state index in [0.717, 1.165) is 38.2 Å². The lowest BCUT2D eigenvalue weighted by molar-refractivity contribution is -0.142. The minimum Gasteiger partial charge on any atom is -0.465 e. The fourth-order valence-corrected chi connectivity index (χ4v) is 3.91. The van der Waals surface area contributed by atoms with Crippen molar-refractivity contribution in [1.29, 1.82) is 0 Å². The smallest absolute Gasteiger partial charge is 0.319 e. The summed E-state index contributed by atoms with van der Waals surface area (Å²) >= 11 is 6.10. The van der Waals surface area contributed by atoms with Gasteiger partial charge in [-0.15, -0.1) is 0 Å². The Labute approximate surface area is 191 Å². The van der Waals surface area contributed by atoms with Crippen molar-refractivity contribution in [3.05, 3.63) is 41.8 Å². The number of esters is 1. The normalized spacial score (nSPS) is 14.5. The lowest BCUT2D eigenvalue weighted by atomic mass is 9.97. The molecule has 0 saturated carbocycles. The average molecular weight is 456 g/mol. The number of carbonyl (C=O) groups excluding carboxylic acids is 1. The molecule has 0 bridgehead atoms. The number of ether oxygens (including phenoxy) is 1. The van der Waals surface area contributed by atoms with Crippen molar-refractivity contribution in [1.82, 2.24) is 25.3 Å². The summed E-state index contributed by atoms with van der Waals surface area (Å²) in [5.41, 5.74) is 2.16. The Balaban J connectivity index is 1.40. The van der Waals surface area contributed by atoms with Crippen LogP contribution >= 0.6 is 11.6 Å². The van der Waals surface area contributed by atoms with Crippen molar-refractivity contribution in [2.24, 2.45) is 5.92 Å². The molecule has 0 amide bonds. The highest BCUT2D eigenvalue weighted by atomic mass is 35.5. The number of nitrogens with one attached hydrogen (secondary N) is 2. The Hall–Kier alpha value is -3.04. The monoisotopic (exact) mass is 455 g/mol. The fraction of sp³-hybridized carbons (Fsp3) is 0.409. The van der Waals surface area contributed by atoms with Crippen LogP contribution in [0.3, 0.4) is 0 Å². The van der Waals surface area contributed by atoms with Crippen molar-refractivity contribution < 1.29 is 9.53 Å². The van der Waals surface area contributed by atoms with E-state index < -0.39 is 0 Å². The molecule has 4 rings (SSSR count). The van der Waals surface area contributed by atoms with Crippen LogP contribution in [-0.4, -0.2) is 58.7 Å². The molecule has 0 aliphatic carbocycles. The molecular weight excluding hydrogens is 430 g/mol. The maximum absolute atomic E-state index is 11.5. The molecule has 2 aromatic heterocycles. The van der Waals surface area contributed by atoms with Crippen molar-refractivity contribution in [3.63, 3.8) is 0 Å². The zero-order valence-corrected chi connectivity index (χ0v) is 18.7. The topological polar surface area (TPSA) is 105 Å². The van der Waals surface area contributed by atoms with Crippen LogP contribution in [0.25, 0.3) is 11.0 Å². The number of benzene rings is 1. The average Bonchev–Trinajstić information content (AvgIpc) is 2.80. The van der Waals surface area contributed by atoms with Gasteiger partial charge in [0.2, 0.25) is 5.95 Å². The van der Waals surface area contributed by atoms with Crippen LogP contribution in [0.15, 0.2) is 36.8 Å². The standard InChI is InChI=1S/C22H26ClN7O2/c1-2-32-19(31)13-24-11-15-6-8-30(9-7-15)22-25-12-18-20(29-22)21(27-14-26-18)28-17-5-3-4-16(23)10-17/h3-5,10,12,14-15,24H,2,6-9,11,13H2,1H3,(H,26,27,28). The Morgan fingerprint density at radius 1 is 1.25 bits per heavy atom. The highest BCUT2D eigenvalue weighted by Crippen LogP contribution is 2.26. The molecule has 1 aliphatic heterocycles. The molecule has 0 atom stereocenters. The van der Waals surface area contributed by atoms with Crippen LogP contribution in [0.1, 0.15) is 19.8 Å². The SMILES string of the molecule is CCOC(=O)CNCC1CCN(c2ncc3ncnc(Nc4cccc(Cl)c4)c3n2)CC1. The Morgan fingerprint density at radius 3 is 2.88 bits per heavy atom. The molecule has 2 N–H and O–H groups in total. The highest BCUT2D eigenvalue weighted by Gasteiger charge is 2.22. The van der Waals surface area contributed by atoms with Crippen LogP contribution in [0.2, 0.25) is 5.02 Å². The summed E-state index contributed by atoms with van der Waals surface area (Å²) in [5, 5.41) is 7.11. The quantitative estimate of drug-likeness (QED) is 0.495. The van der Waals surface area contributed by atoms with E-state index in [4.69, 9.17) is 21.3 Å². The van der Waals surface area contributed by atoms with Gasteiger partial charge in [0, 0.05) is 23.8 Å². The molecule has 1 aliphatic rings. The summed E-state index contributed by atoms with van der Waals surface area (Å²) in [4.78, 5) is 31.6. The van der Waals surface area contributed by atoms with Gasteiger partial charge in [-0.2, -0.15) is 0 Å². The van der Waals surface area contributed by atoms with E-state index in [0.29, 0.717) is 40.3 Å². The molecule has 168 valence electrons. The predicted octanol–water partition coefficient (Wildman–Crippen LogP) is 3.19. The third kappa shape index (κ3) is 5.60. The van der Waals surface area contributed by atoms with Crippen LogP contribution in [0.5, 0.6) is 0 Å². The summed E-state index contributed by atoms with van der Waals surface area (Å²) < 4.78 is 4.95. The van der Waals surface area contributed by atoms with Crippen LogP contribution in [-0.2, 0) is 9.53 Å². The number of fused-ring (bicyclic) bond motifs is 1. The molecule has 3 aromatic rings. The molecule has 0 radical (unpaired) electrons. The van der Waals surface area contributed by atoms with Gasteiger partial charge in [0.05, 0.1) is 19.3 Å². The molecule has 32 heavy (non-hydrogen) atoms. The fourth-order valence-electron chi connectivity index (χ4n) is 3.72. The van der Waals surface area contributed by atoms with Gasteiger partial charge >= 0.3 is 5.97 Å². The molecule has 1 fully saturated rings. The molecular formula is C22H26ClN7O2. The summed E-state index contributed by atoms with van der Waals surface area (Å²) in [6.07, 6.45) is 5.22.